The minimum Gasteiger partial charge on any atom is -0.259 e. The first-order chi connectivity index (χ1) is 20.6. The van der Waals surface area contributed by atoms with Crippen LogP contribution in [0.2, 0.25) is 0 Å². The summed E-state index contributed by atoms with van der Waals surface area (Å²) >= 11 is 0. The molecule has 2 nitrogen and oxygen atoms in total. The monoisotopic (exact) mass is 540 g/mol. The second-order valence-electron chi connectivity index (χ2n) is 11.2. The molecule has 42 heavy (non-hydrogen) atoms. The number of aliphatic imine (C=N–C) groups is 1. The summed E-state index contributed by atoms with van der Waals surface area (Å²) in [6, 6.07) is 30.5. The Labute approximate surface area is 247 Å². The van der Waals surface area contributed by atoms with E-state index >= 15 is 0 Å². The number of aryl methyl sites for hydroxylation is 2. The smallest absolute Gasteiger partial charge is 0.0968 e. The van der Waals surface area contributed by atoms with Gasteiger partial charge in [0.25, 0.3) is 0 Å². The van der Waals surface area contributed by atoms with Crippen LogP contribution in [0.15, 0.2) is 95.5 Å². The van der Waals surface area contributed by atoms with Gasteiger partial charge in [0.1, 0.15) is 0 Å². The molecule has 7 rings (SSSR count). The first-order valence-corrected chi connectivity index (χ1v) is 14.7. The van der Waals surface area contributed by atoms with E-state index < -0.39 is 0 Å². The van der Waals surface area contributed by atoms with Crippen molar-refractivity contribution in [2.75, 3.05) is 0 Å². The van der Waals surface area contributed by atoms with Crippen molar-refractivity contribution in [3.8, 4) is 23.6 Å². The lowest BCUT2D eigenvalue weighted by Gasteiger charge is -2.14. The van der Waals surface area contributed by atoms with Crippen LogP contribution in [0.25, 0.3) is 55.4 Å². The lowest BCUT2D eigenvalue weighted by Crippen LogP contribution is -2.09. The maximum absolute atomic E-state index is 6.07. The number of benzene rings is 5. The molecule has 0 saturated carbocycles. The third-order valence-electron chi connectivity index (χ3n) is 8.80. The summed E-state index contributed by atoms with van der Waals surface area (Å²) in [5.74, 6) is 2.94. The van der Waals surface area contributed by atoms with Gasteiger partial charge in [-0.2, -0.15) is 0 Å². The summed E-state index contributed by atoms with van der Waals surface area (Å²) in [4.78, 5) is 9.74. The number of rotatable bonds is 4. The fraction of sp³-hybridized carbons (Fsp3) is 0.150. The minimum atomic E-state index is 0.862. The molecule has 6 aromatic rings. The molecule has 0 unspecified atom stereocenters. The third kappa shape index (κ3) is 4.30. The Morgan fingerprint density at radius 3 is 2.48 bits per heavy atom. The normalized spacial score (nSPS) is 13.9. The van der Waals surface area contributed by atoms with Gasteiger partial charge in [-0.05, 0) is 99.8 Å². The molecule has 2 heteroatoms. The standard InChI is InChI=1S/C40H32N2/c1-5-27-12-13-29-9-7-10-30-18-20-35(38(27)37(29)30)26(4)25(3)23-33-16-17-34(24-28(33)6-2)36-21-19-32-15-14-31-11-8-22-41-39(31)40(32)42-36/h2,7,9-10,12-24H,5,8,11H2,1,3-4H3/b25-23+,35-26+. The Bertz CT molecular complexity index is 2190. The van der Waals surface area contributed by atoms with Crippen molar-refractivity contribution in [3.63, 3.8) is 0 Å². The van der Waals surface area contributed by atoms with E-state index in [9.17, 15) is 0 Å². The largest absolute Gasteiger partial charge is 0.259 e. The number of aromatic nitrogens is 1. The fourth-order valence-electron chi connectivity index (χ4n) is 6.38. The van der Waals surface area contributed by atoms with E-state index in [0.29, 0.717) is 0 Å². The number of hydrogen-bond acceptors (Lipinski definition) is 2. The molecule has 0 fully saturated rings. The molecule has 0 atom stereocenters. The summed E-state index contributed by atoms with van der Waals surface area (Å²) in [7, 11) is 0. The van der Waals surface area contributed by atoms with Crippen LogP contribution >= 0.6 is 0 Å². The van der Waals surface area contributed by atoms with Gasteiger partial charge in [0.15, 0.2) is 0 Å². The Balaban J connectivity index is 1.33. The molecule has 0 aliphatic carbocycles. The first kappa shape index (κ1) is 25.9. The zero-order chi connectivity index (χ0) is 28.8. The van der Waals surface area contributed by atoms with E-state index in [4.69, 9.17) is 16.4 Å². The fourth-order valence-corrected chi connectivity index (χ4v) is 6.38. The van der Waals surface area contributed by atoms with Gasteiger partial charge < -0.3 is 0 Å². The van der Waals surface area contributed by atoms with Gasteiger partial charge >= 0.3 is 0 Å². The highest BCUT2D eigenvalue weighted by Gasteiger charge is 2.13. The summed E-state index contributed by atoms with van der Waals surface area (Å²) < 4.78 is 0. The molecule has 0 N–H and O–H groups in total. The van der Waals surface area contributed by atoms with Crippen LogP contribution < -0.4 is 5.22 Å². The predicted octanol–water partition coefficient (Wildman–Crippen LogP) is 9.39. The van der Waals surface area contributed by atoms with Gasteiger partial charge in [0, 0.05) is 22.7 Å². The second-order valence-corrected chi connectivity index (χ2v) is 11.2. The molecule has 0 radical (unpaired) electrons. The molecule has 2 heterocycles. The van der Waals surface area contributed by atoms with Crippen LogP contribution in [0, 0.1) is 12.3 Å². The lowest BCUT2D eigenvalue weighted by atomic mass is 9.91. The van der Waals surface area contributed by atoms with Crippen LogP contribution in [-0.2, 0) is 12.8 Å². The minimum absolute atomic E-state index is 0.862. The Hall–Kier alpha value is -5.00. The number of hydrogen-bond donors (Lipinski definition) is 0. The average Bonchev–Trinajstić information content (AvgIpc) is 3.04. The highest BCUT2D eigenvalue weighted by Crippen LogP contribution is 2.34. The van der Waals surface area contributed by atoms with Crippen LogP contribution in [0.3, 0.4) is 0 Å². The molecule has 1 aliphatic rings. The van der Waals surface area contributed by atoms with E-state index in [0.717, 1.165) is 58.2 Å². The Morgan fingerprint density at radius 1 is 0.881 bits per heavy atom. The molecule has 0 bridgehead atoms. The zero-order valence-corrected chi connectivity index (χ0v) is 24.3. The van der Waals surface area contributed by atoms with Crippen molar-refractivity contribution in [2.24, 2.45) is 4.99 Å². The van der Waals surface area contributed by atoms with Crippen molar-refractivity contribution < 1.29 is 0 Å². The molecule has 0 amide bonds. The van der Waals surface area contributed by atoms with E-state index in [1.165, 1.54) is 49.0 Å². The third-order valence-corrected chi connectivity index (χ3v) is 8.80. The van der Waals surface area contributed by atoms with Crippen molar-refractivity contribution >= 4 is 56.0 Å². The van der Waals surface area contributed by atoms with Gasteiger partial charge in [-0.15, -0.1) is 6.42 Å². The van der Waals surface area contributed by atoms with Crippen LogP contribution in [0.1, 0.15) is 49.4 Å². The summed E-state index contributed by atoms with van der Waals surface area (Å²) in [5, 5.41) is 7.68. The molecule has 1 aromatic heterocycles. The van der Waals surface area contributed by atoms with Gasteiger partial charge in [-0.25, -0.2) is 4.98 Å². The number of pyridine rings is 1. The highest BCUT2D eigenvalue weighted by molar-refractivity contribution is 6.12. The van der Waals surface area contributed by atoms with Crippen molar-refractivity contribution in [1.82, 2.24) is 4.98 Å². The van der Waals surface area contributed by atoms with Crippen molar-refractivity contribution in [3.05, 3.63) is 118 Å². The summed E-state index contributed by atoms with van der Waals surface area (Å²) in [5.41, 5.74) is 10.9. The van der Waals surface area contributed by atoms with E-state index in [1.807, 2.05) is 6.21 Å². The maximum atomic E-state index is 6.07. The predicted molar refractivity (Wildman–Crippen MR) is 180 cm³/mol. The summed E-state index contributed by atoms with van der Waals surface area (Å²) in [6.07, 6.45) is 13.3. The van der Waals surface area contributed by atoms with Gasteiger partial charge in [0.05, 0.1) is 16.9 Å². The average molecular weight is 541 g/mol. The summed E-state index contributed by atoms with van der Waals surface area (Å²) in [6.45, 7) is 6.65. The zero-order valence-electron chi connectivity index (χ0n) is 24.3. The number of fused-ring (bicyclic) bond motifs is 3. The number of nitrogens with zero attached hydrogens (tertiary/aromatic N) is 2. The van der Waals surface area contributed by atoms with E-state index in [1.54, 1.807) is 0 Å². The first-order valence-electron chi connectivity index (χ1n) is 14.7. The molecule has 5 aromatic carbocycles. The topological polar surface area (TPSA) is 25.2 Å². The van der Waals surface area contributed by atoms with Crippen molar-refractivity contribution in [1.29, 1.82) is 0 Å². The molecule has 0 saturated heterocycles. The van der Waals surface area contributed by atoms with E-state index in [-0.39, 0.29) is 0 Å². The van der Waals surface area contributed by atoms with Crippen LogP contribution in [-0.4, -0.2) is 11.2 Å². The van der Waals surface area contributed by atoms with E-state index in [2.05, 4.69) is 118 Å². The molecular formula is C40H32N2. The highest BCUT2D eigenvalue weighted by atomic mass is 14.8. The van der Waals surface area contributed by atoms with Gasteiger partial charge in [-0.1, -0.05) is 91.7 Å². The number of allylic oxidation sites excluding steroid dienone is 1. The SMILES string of the molecule is C#Cc1cc(-c2ccc3ccc4c(c3n2)N=CCC4)ccc1/C=C(C)/C(C)=c1\ccc2cccc3ccc(CC)c1c32. The van der Waals surface area contributed by atoms with Crippen molar-refractivity contribution in [2.45, 2.75) is 40.0 Å². The van der Waals surface area contributed by atoms with Gasteiger partial charge in [0.2, 0.25) is 0 Å². The number of terminal acetylenes is 1. The molecule has 202 valence electrons. The van der Waals surface area contributed by atoms with Crippen LogP contribution in [0.4, 0.5) is 5.69 Å². The second kappa shape index (κ2) is 10.4. The molecule has 1 aliphatic heterocycles. The lowest BCUT2D eigenvalue weighted by molar-refractivity contribution is 1.03. The molecular weight excluding hydrogens is 508 g/mol. The quantitative estimate of drug-likeness (QED) is 0.205. The maximum Gasteiger partial charge on any atom is 0.0968 e. The Morgan fingerprint density at radius 2 is 1.67 bits per heavy atom. The Kier molecular flexibility index (Phi) is 6.45. The van der Waals surface area contributed by atoms with Crippen LogP contribution in [0.5, 0.6) is 0 Å². The molecule has 0 spiro atoms. The van der Waals surface area contributed by atoms with Gasteiger partial charge in [-0.3, -0.25) is 4.99 Å².